The average molecular weight is 384 g/mol. The molecule has 1 aliphatic carbocycles. The van der Waals surface area contributed by atoms with Crippen LogP contribution in [-0.4, -0.2) is 39.1 Å². The molecule has 1 aromatic rings. The molecule has 6 heteroatoms. The predicted octanol–water partition coefficient (Wildman–Crippen LogP) is 2.73. The Morgan fingerprint density at radius 3 is 2.28 bits per heavy atom. The summed E-state index contributed by atoms with van der Waals surface area (Å²) in [5, 5.41) is 21.5. The topological polar surface area (TPSA) is 83.6 Å². The van der Waals surface area contributed by atoms with Crippen LogP contribution < -0.4 is 5.73 Å². The van der Waals surface area contributed by atoms with Crippen LogP contribution in [0, 0.1) is 5.41 Å². The zero-order valence-electron chi connectivity index (χ0n) is 15.4. The van der Waals surface area contributed by atoms with E-state index in [1.807, 2.05) is 30.3 Å². The van der Waals surface area contributed by atoms with Gasteiger partial charge in [-0.05, 0) is 30.1 Å². The van der Waals surface area contributed by atoms with Crippen LogP contribution in [-0.2, 0) is 16.2 Å². The van der Waals surface area contributed by atoms with Crippen LogP contribution in [0.15, 0.2) is 40.3 Å². The second kappa shape index (κ2) is 7.82. The molecule has 4 N–H and O–H groups in total. The smallest absolute Gasteiger partial charge is 0.0974 e. The van der Waals surface area contributed by atoms with Gasteiger partial charge in [-0.3, -0.25) is 4.21 Å². The Balaban J connectivity index is 2.25. The minimum Gasteiger partial charge on any atom is -0.399 e. The van der Waals surface area contributed by atoms with Gasteiger partial charge in [0.1, 0.15) is 0 Å². The summed E-state index contributed by atoms with van der Waals surface area (Å²) in [7, 11) is -1.25. The minimum absolute atomic E-state index is 0.137. The molecular weight excluding hydrogens is 354 g/mol. The number of benzene rings is 1. The van der Waals surface area contributed by atoms with E-state index in [0.717, 1.165) is 18.4 Å². The number of aliphatic hydroxyl groups is 2. The lowest BCUT2D eigenvalue weighted by atomic mass is 9.49. The largest absolute Gasteiger partial charge is 0.399 e. The fraction of sp³-hybridized carbons (Fsp3) is 0.579. The number of rotatable bonds is 7. The van der Waals surface area contributed by atoms with Gasteiger partial charge in [-0.15, -0.1) is 11.8 Å². The maximum Gasteiger partial charge on any atom is 0.0974 e. The van der Waals surface area contributed by atoms with Gasteiger partial charge in [0.2, 0.25) is 0 Å². The first-order valence-corrected chi connectivity index (χ1v) is 11.2. The van der Waals surface area contributed by atoms with Crippen LogP contribution in [0.5, 0.6) is 0 Å². The van der Waals surface area contributed by atoms with Gasteiger partial charge in [-0.1, -0.05) is 44.2 Å². The van der Waals surface area contributed by atoms with Crippen LogP contribution in [0.25, 0.3) is 0 Å². The van der Waals surface area contributed by atoms with Crippen LogP contribution in [0.3, 0.4) is 0 Å². The van der Waals surface area contributed by atoms with Gasteiger partial charge in [0.25, 0.3) is 0 Å². The quantitative estimate of drug-likeness (QED) is 0.674. The molecular formula is C19H29NO3S2. The minimum atomic E-state index is -1.25. The fourth-order valence-corrected chi connectivity index (χ4v) is 5.94. The monoisotopic (exact) mass is 383 g/mol. The van der Waals surface area contributed by atoms with Gasteiger partial charge >= 0.3 is 0 Å². The first-order valence-electron chi connectivity index (χ1n) is 8.42. The summed E-state index contributed by atoms with van der Waals surface area (Å²) in [4.78, 5) is 0. The maximum atomic E-state index is 11.8. The molecule has 0 aromatic heterocycles. The molecule has 3 unspecified atom stereocenters. The van der Waals surface area contributed by atoms with Gasteiger partial charge in [0.05, 0.1) is 32.9 Å². The third-order valence-corrected chi connectivity index (χ3v) is 7.63. The number of thioether (sulfide) groups is 1. The summed E-state index contributed by atoms with van der Waals surface area (Å²) in [6.45, 7) is 4.38. The molecule has 1 fully saturated rings. The van der Waals surface area contributed by atoms with E-state index < -0.39 is 23.0 Å². The first-order chi connectivity index (χ1) is 11.6. The van der Waals surface area contributed by atoms with Crippen LogP contribution >= 0.6 is 11.8 Å². The van der Waals surface area contributed by atoms with E-state index in [4.69, 9.17) is 5.73 Å². The third-order valence-electron chi connectivity index (χ3n) is 5.06. The Hall–Kier alpha value is -0.820. The summed E-state index contributed by atoms with van der Waals surface area (Å²) < 4.78 is 12.2. The van der Waals surface area contributed by atoms with Crippen molar-refractivity contribution in [1.82, 2.24) is 0 Å². The molecule has 140 valence electrons. The first kappa shape index (κ1) is 20.5. The van der Waals surface area contributed by atoms with Crippen molar-refractivity contribution in [2.45, 2.75) is 50.7 Å². The highest BCUT2D eigenvalue weighted by atomic mass is 32.2. The normalized spacial score (nSPS) is 23.1. The van der Waals surface area contributed by atoms with E-state index in [-0.39, 0.29) is 22.9 Å². The molecule has 2 rings (SSSR count). The molecule has 0 radical (unpaired) electrons. The Morgan fingerprint density at radius 2 is 1.84 bits per heavy atom. The number of aliphatic hydroxyl groups excluding tert-OH is 2. The molecule has 0 spiro atoms. The second-order valence-corrected chi connectivity index (χ2v) is 10.1. The molecule has 0 heterocycles. The Kier molecular flexibility index (Phi) is 6.41. The van der Waals surface area contributed by atoms with E-state index in [2.05, 4.69) is 13.8 Å². The molecule has 0 aliphatic heterocycles. The zero-order chi connectivity index (χ0) is 18.8. The molecule has 0 saturated heterocycles. The van der Waals surface area contributed by atoms with Crippen LogP contribution in [0.2, 0.25) is 0 Å². The summed E-state index contributed by atoms with van der Waals surface area (Å²) in [5.41, 5.74) is 7.12. The Morgan fingerprint density at radius 1 is 1.28 bits per heavy atom. The summed E-state index contributed by atoms with van der Waals surface area (Å²) in [6, 6.07) is 10.00. The molecule has 25 heavy (non-hydrogen) atoms. The van der Waals surface area contributed by atoms with E-state index in [1.165, 1.54) is 11.8 Å². The van der Waals surface area contributed by atoms with Crippen molar-refractivity contribution in [3.05, 3.63) is 45.8 Å². The molecule has 0 bridgehead atoms. The highest BCUT2D eigenvalue weighted by Crippen LogP contribution is 2.57. The average Bonchev–Trinajstić information content (AvgIpc) is 2.52. The molecule has 4 nitrogen and oxygen atoms in total. The van der Waals surface area contributed by atoms with Crippen molar-refractivity contribution in [3.63, 3.8) is 0 Å². The Labute approximate surface area is 157 Å². The van der Waals surface area contributed by atoms with Crippen molar-refractivity contribution in [2.24, 2.45) is 11.1 Å². The van der Waals surface area contributed by atoms with Gasteiger partial charge in [0.15, 0.2) is 0 Å². The number of hydrogen-bond acceptors (Lipinski definition) is 5. The van der Waals surface area contributed by atoms with Crippen molar-refractivity contribution >= 4 is 22.6 Å². The van der Waals surface area contributed by atoms with Crippen molar-refractivity contribution in [3.8, 4) is 0 Å². The van der Waals surface area contributed by atoms with E-state index >= 15 is 0 Å². The standard InChI is InChI=1S/C19H29NO3S2/c1-18(2)11-19(12-18,13-8-6-5-7-9-13)15(22)10-14(21)16(20)17(24-3)25(4)23/h5-9,14-15,21-22H,10-12,20H2,1-4H3. The summed E-state index contributed by atoms with van der Waals surface area (Å²) >= 11 is 1.28. The molecule has 0 amide bonds. The molecule has 1 aliphatic rings. The van der Waals surface area contributed by atoms with Crippen molar-refractivity contribution in [1.29, 1.82) is 0 Å². The highest BCUT2D eigenvalue weighted by Gasteiger charge is 2.54. The summed E-state index contributed by atoms with van der Waals surface area (Å²) in [5.74, 6) is 0. The van der Waals surface area contributed by atoms with Gasteiger partial charge < -0.3 is 15.9 Å². The maximum absolute atomic E-state index is 11.8. The molecule has 1 aromatic carbocycles. The second-order valence-electron chi connectivity index (χ2n) is 7.71. The molecule has 1 saturated carbocycles. The fourth-order valence-electron chi connectivity index (χ4n) is 4.16. The van der Waals surface area contributed by atoms with E-state index in [9.17, 15) is 14.4 Å². The van der Waals surface area contributed by atoms with E-state index in [1.54, 1.807) is 12.5 Å². The lowest BCUT2D eigenvalue weighted by Gasteiger charge is -2.56. The lowest BCUT2D eigenvalue weighted by Crippen LogP contribution is -2.55. The highest BCUT2D eigenvalue weighted by molar-refractivity contribution is 8.15. The van der Waals surface area contributed by atoms with Crippen LogP contribution in [0.1, 0.15) is 38.7 Å². The van der Waals surface area contributed by atoms with Gasteiger partial charge in [-0.25, -0.2) is 0 Å². The Bertz CT molecular complexity index is 650. The third kappa shape index (κ3) is 4.30. The lowest BCUT2D eigenvalue weighted by molar-refractivity contribution is -0.0621. The molecule has 3 atom stereocenters. The summed E-state index contributed by atoms with van der Waals surface area (Å²) in [6.07, 6.45) is 3.45. The zero-order valence-corrected chi connectivity index (χ0v) is 17.0. The number of hydrogen-bond donors (Lipinski definition) is 3. The van der Waals surface area contributed by atoms with Crippen molar-refractivity contribution in [2.75, 3.05) is 12.5 Å². The van der Waals surface area contributed by atoms with E-state index in [0.29, 0.717) is 4.24 Å². The SMILES string of the molecule is CSC(=C(N)C(O)CC(O)C1(c2ccccc2)CC(C)(C)C1)S(C)=O. The van der Waals surface area contributed by atoms with Gasteiger partial charge in [-0.2, -0.15) is 0 Å². The predicted molar refractivity (Wildman–Crippen MR) is 107 cm³/mol. The van der Waals surface area contributed by atoms with Gasteiger partial charge in [0, 0.05) is 18.1 Å². The van der Waals surface area contributed by atoms with Crippen molar-refractivity contribution < 1.29 is 14.4 Å². The number of nitrogens with two attached hydrogens (primary N) is 1. The van der Waals surface area contributed by atoms with Crippen LogP contribution in [0.4, 0.5) is 0 Å².